The van der Waals surface area contributed by atoms with Gasteiger partial charge >= 0.3 is 0 Å². The van der Waals surface area contributed by atoms with Crippen molar-refractivity contribution < 1.29 is 13.2 Å². The highest BCUT2D eigenvalue weighted by molar-refractivity contribution is 7.89. The Morgan fingerprint density at radius 3 is 2.53 bits per heavy atom. The molecule has 1 aliphatic heterocycles. The van der Waals surface area contributed by atoms with Gasteiger partial charge in [-0.25, -0.2) is 8.42 Å². The number of methoxy groups -OCH3 is 1. The second-order valence-electron chi connectivity index (χ2n) is 4.73. The van der Waals surface area contributed by atoms with E-state index in [1.54, 1.807) is 12.1 Å². The van der Waals surface area contributed by atoms with Crippen molar-refractivity contribution in [1.82, 2.24) is 4.31 Å². The summed E-state index contributed by atoms with van der Waals surface area (Å²) in [5.74, 6) is 0.388. The van der Waals surface area contributed by atoms with Crippen molar-refractivity contribution in [2.75, 3.05) is 20.2 Å². The van der Waals surface area contributed by atoms with E-state index in [9.17, 15) is 8.42 Å². The molecule has 2 rings (SSSR count). The molecule has 1 aromatic rings. The second-order valence-corrected chi connectivity index (χ2v) is 7.26. The zero-order valence-electron chi connectivity index (χ0n) is 11.1. The molecule has 0 atom stereocenters. The lowest BCUT2D eigenvalue weighted by Crippen LogP contribution is -2.38. The number of hydrogen-bond donors (Lipinski definition) is 0. The largest absolute Gasteiger partial charge is 0.495 e. The van der Waals surface area contributed by atoms with Crippen LogP contribution in [0.3, 0.4) is 0 Å². The normalized spacial score (nSPS) is 18.5. The third kappa shape index (κ3) is 3.04. The molecule has 0 N–H and O–H groups in total. The fourth-order valence-corrected chi connectivity index (χ4v) is 4.09. The fourth-order valence-electron chi connectivity index (χ4n) is 2.19. The number of aryl methyl sites for hydroxylation is 1. The Kier molecular flexibility index (Phi) is 4.38. The van der Waals surface area contributed by atoms with E-state index in [0.29, 0.717) is 31.7 Å². The summed E-state index contributed by atoms with van der Waals surface area (Å²) in [6, 6.07) is 5.18. The Hall–Kier alpha value is -0.780. The summed E-state index contributed by atoms with van der Waals surface area (Å²) in [4.78, 5) is 0.239. The van der Waals surface area contributed by atoms with Crippen LogP contribution in [0, 0.1) is 6.92 Å². The van der Waals surface area contributed by atoms with Crippen molar-refractivity contribution in [3.05, 3.63) is 23.8 Å². The van der Waals surface area contributed by atoms with Gasteiger partial charge in [-0.1, -0.05) is 6.07 Å². The van der Waals surface area contributed by atoms with E-state index in [-0.39, 0.29) is 10.3 Å². The van der Waals surface area contributed by atoms with Gasteiger partial charge in [-0.15, -0.1) is 11.6 Å². The molecule has 1 aliphatic rings. The molecule has 1 aromatic carbocycles. The van der Waals surface area contributed by atoms with E-state index < -0.39 is 10.0 Å². The number of nitrogens with zero attached hydrogens (tertiary/aromatic N) is 1. The summed E-state index contributed by atoms with van der Waals surface area (Å²) in [6.07, 6.45) is 1.38. The number of alkyl halides is 1. The lowest BCUT2D eigenvalue weighted by atomic mass is 10.2. The van der Waals surface area contributed by atoms with Crippen LogP contribution in [0.1, 0.15) is 18.4 Å². The second kappa shape index (κ2) is 5.69. The van der Waals surface area contributed by atoms with E-state index in [4.69, 9.17) is 16.3 Å². The maximum Gasteiger partial charge on any atom is 0.246 e. The zero-order chi connectivity index (χ0) is 14.0. The Labute approximate surface area is 119 Å². The summed E-state index contributed by atoms with van der Waals surface area (Å²) in [5.41, 5.74) is 0.895. The molecule has 0 unspecified atom stereocenters. The number of hydrogen-bond acceptors (Lipinski definition) is 3. The quantitative estimate of drug-likeness (QED) is 0.806. The monoisotopic (exact) mass is 303 g/mol. The van der Waals surface area contributed by atoms with Gasteiger partial charge in [0.05, 0.1) is 7.11 Å². The van der Waals surface area contributed by atoms with Crippen LogP contribution in [0.4, 0.5) is 0 Å². The molecule has 0 bridgehead atoms. The number of rotatable bonds is 3. The maximum absolute atomic E-state index is 12.6. The van der Waals surface area contributed by atoms with Gasteiger partial charge in [0.15, 0.2) is 0 Å². The first-order chi connectivity index (χ1) is 8.95. The Morgan fingerprint density at radius 1 is 1.32 bits per heavy atom. The number of piperidine rings is 1. The SMILES string of the molecule is COc1ccc(C)cc1S(=O)(=O)N1CCC(Cl)CC1. The van der Waals surface area contributed by atoms with Gasteiger partial charge in [0, 0.05) is 18.5 Å². The van der Waals surface area contributed by atoms with Crippen molar-refractivity contribution in [3.63, 3.8) is 0 Å². The van der Waals surface area contributed by atoms with E-state index in [1.807, 2.05) is 13.0 Å². The molecule has 1 fully saturated rings. The van der Waals surface area contributed by atoms with Crippen LogP contribution in [-0.2, 0) is 10.0 Å². The maximum atomic E-state index is 12.6. The topological polar surface area (TPSA) is 46.6 Å². The van der Waals surface area contributed by atoms with E-state index >= 15 is 0 Å². The van der Waals surface area contributed by atoms with Gasteiger partial charge in [-0.3, -0.25) is 0 Å². The summed E-state index contributed by atoms with van der Waals surface area (Å²) in [7, 11) is -2.02. The molecular formula is C13H18ClNO3S. The van der Waals surface area contributed by atoms with Crippen molar-refractivity contribution in [3.8, 4) is 5.75 Å². The molecule has 106 valence electrons. The third-order valence-corrected chi connectivity index (χ3v) is 5.68. The fraction of sp³-hybridized carbons (Fsp3) is 0.538. The zero-order valence-corrected chi connectivity index (χ0v) is 12.7. The third-order valence-electron chi connectivity index (χ3n) is 3.32. The predicted octanol–water partition coefficient (Wildman–Crippen LogP) is 2.40. The van der Waals surface area contributed by atoms with Crippen molar-refractivity contribution in [1.29, 1.82) is 0 Å². The molecule has 1 saturated heterocycles. The average Bonchev–Trinajstić information content (AvgIpc) is 2.39. The number of halogens is 1. The van der Waals surface area contributed by atoms with E-state index in [2.05, 4.69) is 0 Å². The molecule has 0 aromatic heterocycles. The van der Waals surface area contributed by atoms with Crippen molar-refractivity contribution >= 4 is 21.6 Å². The summed E-state index contributed by atoms with van der Waals surface area (Å²) >= 11 is 6.02. The smallest absolute Gasteiger partial charge is 0.246 e. The minimum absolute atomic E-state index is 0.0749. The summed E-state index contributed by atoms with van der Waals surface area (Å²) < 4.78 is 31.9. The van der Waals surface area contributed by atoms with Crippen molar-refractivity contribution in [2.24, 2.45) is 0 Å². The van der Waals surface area contributed by atoms with Gasteiger partial charge in [0.2, 0.25) is 10.0 Å². The Balaban J connectivity index is 2.36. The molecular weight excluding hydrogens is 286 g/mol. The average molecular weight is 304 g/mol. The molecule has 0 saturated carbocycles. The highest BCUT2D eigenvalue weighted by Crippen LogP contribution is 2.30. The first-order valence-corrected chi connectivity index (χ1v) is 8.11. The standard InChI is InChI=1S/C13H18ClNO3S/c1-10-3-4-12(18-2)13(9-10)19(16,17)15-7-5-11(14)6-8-15/h3-4,9,11H,5-8H2,1-2H3. The number of ether oxygens (including phenoxy) is 1. The van der Waals surface area contributed by atoms with Crippen LogP contribution in [-0.4, -0.2) is 38.3 Å². The Morgan fingerprint density at radius 2 is 1.95 bits per heavy atom. The first-order valence-electron chi connectivity index (χ1n) is 6.24. The van der Waals surface area contributed by atoms with Crippen LogP contribution in [0.5, 0.6) is 5.75 Å². The summed E-state index contributed by atoms with van der Waals surface area (Å²) in [6.45, 7) is 2.80. The molecule has 0 radical (unpaired) electrons. The molecule has 1 heterocycles. The van der Waals surface area contributed by atoms with Gasteiger partial charge < -0.3 is 4.74 Å². The molecule has 0 spiro atoms. The van der Waals surface area contributed by atoms with Gasteiger partial charge in [-0.05, 0) is 37.5 Å². The van der Waals surface area contributed by atoms with Crippen LogP contribution in [0.25, 0.3) is 0 Å². The number of sulfonamides is 1. The van der Waals surface area contributed by atoms with Crippen LogP contribution < -0.4 is 4.74 Å². The lowest BCUT2D eigenvalue weighted by molar-refractivity contribution is 0.346. The van der Waals surface area contributed by atoms with Gasteiger partial charge in [0.25, 0.3) is 0 Å². The van der Waals surface area contributed by atoms with Crippen molar-refractivity contribution in [2.45, 2.75) is 30.0 Å². The minimum atomic E-state index is -3.50. The molecule has 0 aliphatic carbocycles. The predicted molar refractivity (Wildman–Crippen MR) is 75.4 cm³/mol. The summed E-state index contributed by atoms with van der Waals surface area (Å²) in [5, 5.41) is 0.0749. The Bertz CT molecular complexity index is 551. The van der Waals surface area contributed by atoms with E-state index in [0.717, 1.165) is 5.56 Å². The highest BCUT2D eigenvalue weighted by Gasteiger charge is 2.30. The molecule has 6 heteroatoms. The lowest BCUT2D eigenvalue weighted by Gasteiger charge is -2.29. The van der Waals surface area contributed by atoms with E-state index in [1.165, 1.54) is 11.4 Å². The van der Waals surface area contributed by atoms with Crippen LogP contribution >= 0.6 is 11.6 Å². The number of benzene rings is 1. The minimum Gasteiger partial charge on any atom is -0.495 e. The highest BCUT2D eigenvalue weighted by atomic mass is 35.5. The molecule has 4 nitrogen and oxygen atoms in total. The first kappa shape index (κ1) is 14.6. The molecule has 19 heavy (non-hydrogen) atoms. The van der Waals surface area contributed by atoms with Gasteiger partial charge in [-0.2, -0.15) is 4.31 Å². The van der Waals surface area contributed by atoms with Gasteiger partial charge in [0.1, 0.15) is 10.6 Å². The van der Waals surface area contributed by atoms with Crippen LogP contribution in [0.2, 0.25) is 0 Å². The molecule has 0 amide bonds. The van der Waals surface area contributed by atoms with Crippen LogP contribution in [0.15, 0.2) is 23.1 Å².